The van der Waals surface area contributed by atoms with Gasteiger partial charge in [-0.05, 0) is 12.1 Å². The van der Waals surface area contributed by atoms with Crippen molar-refractivity contribution in [3.63, 3.8) is 0 Å². The first-order valence-electron chi connectivity index (χ1n) is 6.43. The molecule has 1 rings (SSSR count). The molecule has 1 aromatic rings. The molecular formula is C13H21N3O4S. The number of nitrogens with zero attached hydrogens (tertiary/aromatic N) is 1. The molecular weight excluding hydrogens is 294 g/mol. The first-order chi connectivity index (χ1) is 9.49. The van der Waals surface area contributed by atoms with Crippen LogP contribution >= 0.6 is 0 Å². The quantitative estimate of drug-likeness (QED) is 0.677. The highest BCUT2D eigenvalue weighted by Crippen LogP contribution is 2.23. The lowest BCUT2D eigenvalue weighted by Gasteiger charge is -2.19. The Bertz CT molecular complexity index is 621. The van der Waals surface area contributed by atoms with E-state index in [2.05, 4.69) is 15.0 Å². The largest absolute Gasteiger partial charge is 0.478 e. The molecule has 0 spiro atoms. The van der Waals surface area contributed by atoms with Crippen LogP contribution in [0.5, 0.6) is 0 Å². The minimum absolute atomic E-state index is 0.147. The second-order valence-electron chi connectivity index (χ2n) is 5.77. The monoisotopic (exact) mass is 315 g/mol. The van der Waals surface area contributed by atoms with Gasteiger partial charge in [0.05, 0.1) is 11.8 Å². The van der Waals surface area contributed by atoms with Crippen molar-refractivity contribution in [1.82, 2.24) is 9.71 Å². The van der Waals surface area contributed by atoms with Gasteiger partial charge in [-0.2, -0.15) is 0 Å². The fraction of sp³-hybridized carbons (Fsp3) is 0.538. The van der Waals surface area contributed by atoms with Crippen LogP contribution in [0.1, 0.15) is 36.8 Å². The standard InChI is InChI=1S/C13H21N3O4S/c1-13(2,3)10-7-9(12(17)18)8-11(16-10)14-5-6-15-21(4,19)20/h7-8,15H,5-6H2,1-4H3,(H,14,16)(H,17,18). The lowest BCUT2D eigenvalue weighted by Crippen LogP contribution is -2.28. The SMILES string of the molecule is CC(C)(C)c1cc(C(=O)O)cc(NCCNS(C)(=O)=O)n1. The highest BCUT2D eigenvalue weighted by Gasteiger charge is 2.19. The van der Waals surface area contributed by atoms with Crippen molar-refractivity contribution in [3.8, 4) is 0 Å². The van der Waals surface area contributed by atoms with E-state index in [-0.39, 0.29) is 17.5 Å². The van der Waals surface area contributed by atoms with Crippen LogP contribution in [0.15, 0.2) is 12.1 Å². The minimum Gasteiger partial charge on any atom is -0.478 e. The molecule has 0 saturated carbocycles. The summed E-state index contributed by atoms with van der Waals surface area (Å²) in [6, 6.07) is 2.97. The van der Waals surface area contributed by atoms with Gasteiger partial charge in [-0.25, -0.2) is 22.9 Å². The second kappa shape index (κ2) is 6.40. The zero-order valence-corrected chi connectivity index (χ0v) is 13.4. The maximum atomic E-state index is 11.1. The molecule has 0 aliphatic carbocycles. The molecule has 0 saturated heterocycles. The maximum absolute atomic E-state index is 11.1. The van der Waals surface area contributed by atoms with Crippen LogP contribution in [0.25, 0.3) is 0 Å². The van der Waals surface area contributed by atoms with Gasteiger partial charge in [0, 0.05) is 24.2 Å². The molecule has 0 aromatic carbocycles. The molecule has 0 atom stereocenters. The van der Waals surface area contributed by atoms with Gasteiger partial charge >= 0.3 is 5.97 Å². The Morgan fingerprint density at radius 3 is 2.38 bits per heavy atom. The van der Waals surface area contributed by atoms with Crippen LogP contribution < -0.4 is 10.0 Å². The van der Waals surface area contributed by atoms with E-state index < -0.39 is 16.0 Å². The Kier molecular flexibility index (Phi) is 5.30. The predicted molar refractivity (Wildman–Crippen MR) is 81.2 cm³/mol. The first kappa shape index (κ1) is 17.4. The Hall–Kier alpha value is -1.67. The third-order valence-electron chi connectivity index (χ3n) is 2.64. The molecule has 3 N–H and O–H groups in total. The van der Waals surface area contributed by atoms with Crippen molar-refractivity contribution < 1.29 is 18.3 Å². The van der Waals surface area contributed by atoms with Gasteiger partial charge in [-0.1, -0.05) is 20.8 Å². The number of carboxylic acids is 1. The van der Waals surface area contributed by atoms with Crippen LogP contribution in [-0.4, -0.2) is 43.8 Å². The summed E-state index contributed by atoms with van der Waals surface area (Å²) in [5.74, 6) is -0.615. The van der Waals surface area contributed by atoms with Crippen LogP contribution in [0, 0.1) is 0 Å². The molecule has 0 radical (unpaired) electrons. The van der Waals surface area contributed by atoms with Gasteiger partial charge < -0.3 is 10.4 Å². The molecule has 118 valence electrons. The Labute approximate surface area is 124 Å². The van der Waals surface area contributed by atoms with Crippen molar-refractivity contribution in [2.24, 2.45) is 0 Å². The molecule has 8 heteroatoms. The summed E-state index contributed by atoms with van der Waals surface area (Å²) in [5, 5.41) is 12.1. The van der Waals surface area contributed by atoms with E-state index in [0.29, 0.717) is 18.1 Å². The van der Waals surface area contributed by atoms with Gasteiger partial charge in [-0.3, -0.25) is 0 Å². The van der Waals surface area contributed by atoms with Crippen molar-refractivity contribution in [2.75, 3.05) is 24.7 Å². The highest BCUT2D eigenvalue weighted by molar-refractivity contribution is 7.88. The number of hydrogen-bond acceptors (Lipinski definition) is 5. The number of hydrogen-bond donors (Lipinski definition) is 3. The number of aromatic nitrogens is 1. The van der Waals surface area contributed by atoms with Gasteiger partial charge in [0.15, 0.2) is 0 Å². The molecule has 0 fully saturated rings. The number of rotatable bonds is 6. The number of aromatic carboxylic acids is 1. The first-order valence-corrected chi connectivity index (χ1v) is 8.32. The van der Waals surface area contributed by atoms with Crippen molar-refractivity contribution in [2.45, 2.75) is 26.2 Å². The fourth-order valence-electron chi connectivity index (χ4n) is 1.56. The average molecular weight is 315 g/mol. The Balaban J connectivity index is 2.86. The van der Waals surface area contributed by atoms with Crippen LogP contribution in [-0.2, 0) is 15.4 Å². The zero-order chi connectivity index (χ0) is 16.3. The van der Waals surface area contributed by atoms with Crippen LogP contribution in [0.4, 0.5) is 5.82 Å². The zero-order valence-electron chi connectivity index (χ0n) is 12.6. The van der Waals surface area contributed by atoms with E-state index in [4.69, 9.17) is 5.11 Å². The van der Waals surface area contributed by atoms with Gasteiger partial charge in [-0.15, -0.1) is 0 Å². The molecule has 0 unspecified atom stereocenters. The summed E-state index contributed by atoms with van der Waals surface area (Å²) in [6.45, 7) is 6.33. The van der Waals surface area contributed by atoms with E-state index in [1.54, 1.807) is 6.07 Å². The number of carbonyl (C=O) groups is 1. The number of pyridine rings is 1. The smallest absolute Gasteiger partial charge is 0.335 e. The average Bonchev–Trinajstić information content (AvgIpc) is 2.32. The molecule has 0 amide bonds. The highest BCUT2D eigenvalue weighted by atomic mass is 32.2. The number of anilines is 1. The number of nitrogens with one attached hydrogen (secondary N) is 2. The summed E-state index contributed by atoms with van der Waals surface area (Å²) in [5.41, 5.74) is 0.516. The topological polar surface area (TPSA) is 108 Å². The lowest BCUT2D eigenvalue weighted by molar-refractivity contribution is 0.0696. The second-order valence-corrected chi connectivity index (χ2v) is 7.61. The molecule has 7 nitrogen and oxygen atoms in total. The Morgan fingerprint density at radius 1 is 1.29 bits per heavy atom. The maximum Gasteiger partial charge on any atom is 0.335 e. The van der Waals surface area contributed by atoms with Gasteiger partial charge in [0.2, 0.25) is 10.0 Å². The summed E-state index contributed by atoms with van der Waals surface area (Å²) >= 11 is 0. The van der Waals surface area contributed by atoms with Crippen LogP contribution in [0.2, 0.25) is 0 Å². The molecule has 0 aliphatic rings. The number of sulfonamides is 1. The summed E-state index contributed by atoms with van der Waals surface area (Å²) in [4.78, 5) is 15.5. The van der Waals surface area contributed by atoms with Gasteiger partial charge in [0.1, 0.15) is 5.82 Å². The summed E-state index contributed by atoms with van der Waals surface area (Å²) in [6.07, 6.45) is 1.08. The summed E-state index contributed by atoms with van der Waals surface area (Å²) < 4.78 is 24.2. The van der Waals surface area contributed by atoms with E-state index in [1.165, 1.54) is 6.07 Å². The molecule has 0 bridgehead atoms. The minimum atomic E-state index is -3.24. The van der Waals surface area contributed by atoms with Crippen LogP contribution in [0.3, 0.4) is 0 Å². The van der Waals surface area contributed by atoms with E-state index in [0.717, 1.165) is 6.26 Å². The molecule has 0 aliphatic heterocycles. The fourth-order valence-corrected chi connectivity index (χ4v) is 2.03. The number of carboxylic acid groups (broad SMARTS) is 1. The van der Waals surface area contributed by atoms with E-state index >= 15 is 0 Å². The molecule has 1 aromatic heterocycles. The third-order valence-corrected chi connectivity index (χ3v) is 3.36. The third kappa shape index (κ3) is 6.09. The van der Waals surface area contributed by atoms with Crippen molar-refractivity contribution in [1.29, 1.82) is 0 Å². The van der Waals surface area contributed by atoms with Gasteiger partial charge in [0.25, 0.3) is 0 Å². The lowest BCUT2D eigenvalue weighted by atomic mass is 9.91. The van der Waals surface area contributed by atoms with E-state index in [9.17, 15) is 13.2 Å². The normalized spacial score (nSPS) is 12.2. The summed E-state index contributed by atoms with van der Waals surface area (Å²) in [7, 11) is -3.24. The predicted octanol–water partition coefficient (Wildman–Crippen LogP) is 1.04. The van der Waals surface area contributed by atoms with E-state index in [1.807, 2.05) is 20.8 Å². The molecule has 21 heavy (non-hydrogen) atoms. The van der Waals surface area contributed by atoms with Crippen molar-refractivity contribution >= 4 is 21.8 Å². The molecule has 1 heterocycles. The Morgan fingerprint density at radius 2 is 1.90 bits per heavy atom. The van der Waals surface area contributed by atoms with Crippen molar-refractivity contribution in [3.05, 3.63) is 23.4 Å².